The van der Waals surface area contributed by atoms with Gasteiger partial charge in [0.2, 0.25) is 0 Å². The smallest absolute Gasteiger partial charge is 0.153 e. The van der Waals surface area contributed by atoms with Crippen molar-refractivity contribution < 1.29 is 14.3 Å². The van der Waals surface area contributed by atoms with E-state index in [2.05, 4.69) is 24.3 Å². The van der Waals surface area contributed by atoms with Gasteiger partial charge in [0.1, 0.15) is 11.5 Å². The van der Waals surface area contributed by atoms with Crippen molar-refractivity contribution in [3.05, 3.63) is 95.6 Å². The van der Waals surface area contributed by atoms with Crippen molar-refractivity contribution in [2.24, 2.45) is 0 Å². The Labute approximate surface area is 154 Å². The Morgan fingerprint density at radius 1 is 0.692 bits per heavy atom. The summed E-state index contributed by atoms with van der Waals surface area (Å²) >= 11 is 0. The van der Waals surface area contributed by atoms with E-state index in [1.54, 1.807) is 18.2 Å². The summed E-state index contributed by atoms with van der Waals surface area (Å²) in [5.41, 5.74) is 2.97. The van der Waals surface area contributed by atoms with Gasteiger partial charge in [-0.25, -0.2) is 0 Å². The molecule has 0 amide bonds. The monoisotopic (exact) mass is 346 g/mol. The average Bonchev–Trinajstić information content (AvgIpc) is 2.70. The highest BCUT2D eigenvalue weighted by Crippen LogP contribution is 2.24. The number of hydrogen-bond acceptors (Lipinski definition) is 3. The van der Waals surface area contributed by atoms with Crippen LogP contribution in [0.1, 0.15) is 21.5 Å². The normalized spacial score (nSPS) is 10.3. The molecular formula is C23H22O3. The van der Waals surface area contributed by atoms with Gasteiger partial charge in [0.05, 0.1) is 18.8 Å². The van der Waals surface area contributed by atoms with E-state index in [0.29, 0.717) is 30.3 Å². The van der Waals surface area contributed by atoms with Crippen LogP contribution in [-0.4, -0.2) is 19.5 Å². The van der Waals surface area contributed by atoms with Crippen LogP contribution in [0.5, 0.6) is 11.5 Å². The molecule has 3 rings (SSSR count). The van der Waals surface area contributed by atoms with Gasteiger partial charge in [-0.05, 0) is 23.3 Å². The van der Waals surface area contributed by atoms with Gasteiger partial charge in [-0.3, -0.25) is 4.79 Å². The minimum absolute atomic E-state index is 0.512. The molecule has 0 heterocycles. The van der Waals surface area contributed by atoms with Gasteiger partial charge < -0.3 is 9.47 Å². The minimum atomic E-state index is 0.512. The largest absolute Gasteiger partial charge is 0.493 e. The highest BCUT2D eigenvalue weighted by molar-refractivity contribution is 5.79. The molecule has 0 radical (unpaired) electrons. The predicted octanol–water partition coefficient (Wildman–Crippen LogP) is 4.74. The summed E-state index contributed by atoms with van der Waals surface area (Å²) in [7, 11) is 0. The van der Waals surface area contributed by atoms with Crippen molar-refractivity contribution in [2.45, 2.75) is 12.8 Å². The summed E-state index contributed by atoms with van der Waals surface area (Å²) in [5, 5.41) is 0. The molecule has 3 aromatic rings. The first-order valence-electron chi connectivity index (χ1n) is 8.78. The van der Waals surface area contributed by atoms with Crippen LogP contribution in [0.4, 0.5) is 0 Å². The topological polar surface area (TPSA) is 35.5 Å². The van der Waals surface area contributed by atoms with E-state index in [4.69, 9.17) is 9.47 Å². The molecule has 0 aromatic heterocycles. The maximum atomic E-state index is 11.2. The second kappa shape index (κ2) is 9.42. The summed E-state index contributed by atoms with van der Waals surface area (Å²) in [6.07, 6.45) is 2.43. The van der Waals surface area contributed by atoms with Gasteiger partial charge in [-0.2, -0.15) is 0 Å². The quantitative estimate of drug-likeness (QED) is 0.525. The molecule has 0 bridgehead atoms. The molecule has 3 aromatic carbocycles. The molecule has 0 unspecified atom stereocenters. The number of ether oxygens (including phenoxy) is 2. The third-order valence-electron chi connectivity index (χ3n) is 4.11. The SMILES string of the molecule is O=Cc1ccc(OCCc2ccccc2)cc1OCCc1ccccc1. The van der Waals surface area contributed by atoms with E-state index in [1.165, 1.54) is 11.1 Å². The second-order valence-electron chi connectivity index (χ2n) is 5.99. The Kier molecular flexibility index (Phi) is 6.43. The van der Waals surface area contributed by atoms with E-state index in [0.717, 1.165) is 19.1 Å². The standard InChI is InChI=1S/C23H22O3/c24-18-21-11-12-22(25-15-13-19-7-3-1-4-8-19)17-23(21)26-16-14-20-9-5-2-6-10-20/h1-12,17-18H,13-16H2. The molecular weight excluding hydrogens is 324 g/mol. The second-order valence-corrected chi connectivity index (χ2v) is 5.99. The van der Waals surface area contributed by atoms with Crippen molar-refractivity contribution in [1.82, 2.24) is 0 Å². The molecule has 3 heteroatoms. The van der Waals surface area contributed by atoms with Gasteiger partial charge >= 0.3 is 0 Å². The van der Waals surface area contributed by atoms with Gasteiger partial charge in [0.25, 0.3) is 0 Å². The van der Waals surface area contributed by atoms with E-state index in [1.807, 2.05) is 36.4 Å². The fourth-order valence-corrected chi connectivity index (χ4v) is 2.68. The zero-order valence-corrected chi connectivity index (χ0v) is 14.6. The fourth-order valence-electron chi connectivity index (χ4n) is 2.68. The Balaban J connectivity index is 1.56. The molecule has 26 heavy (non-hydrogen) atoms. The lowest BCUT2D eigenvalue weighted by atomic mass is 10.1. The van der Waals surface area contributed by atoms with Crippen LogP contribution in [0.2, 0.25) is 0 Å². The van der Waals surface area contributed by atoms with Crippen LogP contribution in [0.25, 0.3) is 0 Å². The first-order chi connectivity index (χ1) is 12.8. The van der Waals surface area contributed by atoms with Crippen LogP contribution in [0.15, 0.2) is 78.9 Å². The third-order valence-corrected chi connectivity index (χ3v) is 4.11. The number of carbonyl (C=O) groups is 1. The minimum Gasteiger partial charge on any atom is -0.493 e. The van der Waals surface area contributed by atoms with Crippen molar-refractivity contribution in [3.63, 3.8) is 0 Å². The van der Waals surface area contributed by atoms with Crippen molar-refractivity contribution >= 4 is 6.29 Å². The first-order valence-corrected chi connectivity index (χ1v) is 8.78. The lowest BCUT2D eigenvalue weighted by Crippen LogP contribution is -2.05. The molecule has 0 spiro atoms. The van der Waals surface area contributed by atoms with Gasteiger partial charge in [0, 0.05) is 18.9 Å². The summed E-state index contributed by atoms with van der Waals surface area (Å²) in [6.45, 7) is 1.09. The summed E-state index contributed by atoms with van der Waals surface area (Å²) in [5.74, 6) is 1.27. The van der Waals surface area contributed by atoms with Crippen LogP contribution < -0.4 is 9.47 Å². The Morgan fingerprint density at radius 2 is 1.27 bits per heavy atom. The van der Waals surface area contributed by atoms with E-state index < -0.39 is 0 Å². The highest BCUT2D eigenvalue weighted by atomic mass is 16.5. The molecule has 0 atom stereocenters. The zero-order valence-electron chi connectivity index (χ0n) is 14.6. The zero-order chi connectivity index (χ0) is 18.0. The average molecular weight is 346 g/mol. The predicted molar refractivity (Wildman–Crippen MR) is 103 cm³/mol. The third kappa shape index (κ3) is 5.21. The van der Waals surface area contributed by atoms with Crippen molar-refractivity contribution in [2.75, 3.05) is 13.2 Å². The number of aldehydes is 1. The highest BCUT2D eigenvalue weighted by Gasteiger charge is 2.06. The van der Waals surface area contributed by atoms with E-state index in [9.17, 15) is 4.79 Å². The van der Waals surface area contributed by atoms with Crippen LogP contribution in [0.3, 0.4) is 0 Å². The van der Waals surface area contributed by atoms with Crippen molar-refractivity contribution in [3.8, 4) is 11.5 Å². The molecule has 0 fully saturated rings. The number of hydrogen-bond donors (Lipinski definition) is 0. The van der Waals surface area contributed by atoms with Crippen molar-refractivity contribution in [1.29, 1.82) is 0 Å². The summed E-state index contributed by atoms with van der Waals surface area (Å²) in [6, 6.07) is 25.7. The fraction of sp³-hybridized carbons (Fsp3) is 0.174. The molecule has 0 saturated carbocycles. The molecule has 0 saturated heterocycles. The van der Waals surface area contributed by atoms with E-state index in [-0.39, 0.29) is 0 Å². The Morgan fingerprint density at radius 3 is 1.85 bits per heavy atom. The number of rotatable bonds is 9. The maximum absolute atomic E-state index is 11.2. The first kappa shape index (κ1) is 17.7. The molecule has 3 nitrogen and oxygen atoms in total. The van der Waals surface area contributed by atoms with Crippen LogP contribution in [-0.2, 0) is 12.8 Å². The molecule has 0 N–H and O–H groups in total. The summed E-state index contributed by atoms with van der Waals surface area (Å²) < 4.78 is 11.6. The van der Waals surface area contributed by atoms with Crippen LogP contribution >= 0.6 is 0 Å². The number of benzene rings is 3. The Hall–Kier alpha value is -3.07. The van der Waals surface area contributed by atoms with Crippen LogP contribution in [0, 0.1) is 0 Å². The molecule has 132 valence electrons. The van der Waals surface area contributed by atoms with E-state index >= 15 is 0 Å². The molecule has 0 aliphatic carbocycles. The number of carbonyl (C=O) groups excluding carboxylic acids is 1. The summed E-state index contributed by atoms with van der Waals surface area (Å²) in [4.78, 5) is 11.2. The van der Waals surface area contributed by atoms with Gasteiger partial charge in [-0.15, -0.1) is 0 Å². The molecule has 0 aliphatic heterocycles. The van der Waals surface area contributed by atoms with Gasteiger partial charge in [0.15, 0.2) is 6.29 Å². The lowest BCUT2D eigenvalue weighted by molar-refractivity contribution is 0.111. The lowest BCUT2D eigenvalue weighted by Gasteiger charge is -2.12. The molecule has 0 aliphatic rings. The van der Waals surface area contributed by atoms with Gasteiger partial charge in [-0.1, -0.05) is 60.7 Å². The maximum Gasteiger partial charge on any atom is 0.153 e. The Bertz CT molecular complexity index is 813.